The quantitative estimate of drug-likeness (QED) is 0.356. The van der Waals surface area contributed by atoms with Crippen molar-refractivity contribution in [1.82, 2.24) is 19.7 Å². The van der Waals surface area contributed by atoms with Crippen LogP contribution < -0.4 is 0 Å². The van der Waals surface area contributed by atoms with Crippen LogP contribution in [0.15, 0.2) is 72.4 Å². The van der Waals surface area contributed by atoms with Gasteiger partial charge in [0.05, 0.1) is 0 Å². The van der Waals surface area contributed by atoms with Gasteiger partial charge in [0.25, 0.3) is 0 Å². The number of hydrogen-bond donors (Lipinski definition) is 0. The van der Waals surface area contributed by atoms with E-state index >= 15 is 0 Å². The zero-order chi connectivity index (χ0) is 19.5. The number of carbonyl (C=O) groups is 1. The van der Waals surface area contributed by atoms with Crippen molar-refractivity contribution < 1.29 is 4.79 Å². The molecule has 0 bridgehead atoms. The zero-order valence-corrected chi connectivity index (χ0v) is 16.6. The second-order valence-corrected chi connectivity index (χ2v) is 8.08. The van der Waals surface area contributed by atoms with Crippen LogP contribution in [0.3, 0.4) is 0 Å². The molecule has 1 atom stereocenters. The molecule has 4 rings (SSSR count). The molecule has 0 amide bonds. The lowest BCUT2D eigenvalue weighted by molar-refractivity contribution is 0.0993. The summed E-state index contributed by atoms with van der Waals surface area (Å²) in [4.78, 5) is 16.9. The van der Waals surface area contributed by atoms with Crippen molar-refractivity contribution in [2.45, 2.75) is 23.8 Å². The Morgan fingerprint density at radius 3 is 2.86 bits per heavy atom. The van der Waals surface area contributed by atoms with E-state index in [9.17, 15) is 4.79 Å². The van der Waals surface area contributed by atoms with Gasteiger partial charge in [-0.3, -0.25) is 9.78 Å². The Balaban J connectivity index is 1.50. The minimum atomic E-state index is 0.108. The molecule has 4 aromatic rings. The maximum atomic E-state index is 12.8. The molecule has 1 unspecified atom stereocenters. The van der Waals surface area contributed by atoms with E-state index in [1.165, 1.54) is 5.56 Å². The third-order valence-corrected chi connectivity index (χ3v) is 5.91. The fourth-order valence-corrected chi connectivity index (χ4v) is 4.01. The van der Waals surface area contributed by atoms with Crippen LogP contribution in [0, 0.1) is 0 Å². The molecular weight excluding hydrogens is 368 g/mol. The van der Waals surface area contributed by atoms with E-state index in [4.69, 9.17) is 0 Å². The molecule has 5 nitrogen and oxygen atoms in total. The molecule has 0 saturated heterocycles. The molecule has 2 aromatic heterocycles. The zero-order valence-electron chi connectivity index (χ0n) is 15.7. The van der Waals surface area contributed by atoms with Crippen molar-refractivity contribution in [3.63, 3.8) is 0 Å². The number of hydrogen-bond acceptors (Lipinski definition) is 5. The number of benzene rings is 2. The Labute approximate surface area is 167 Å². The SMILES string of the molecule is CC(Sc1nncn1C)c1cccc(CC(=O)c2ccc3ccncc3c2)c1. The van der Waals surface area contributed by atoms with Gasteiger partial charge in [-0.25, -0.2) is 0 Å². The van der Waals surface area contributed by atoms with Crippen LogP contribution in [0.25, 0.3) is 10.8 Å². The number of Topliss-reactive ketones (excluding diaryl/α,β-unsaturated/α-hetero) is 1. The first-order chi connectivity index (χ1) is 13.6. The molecular formula is C22H20N4OS. The third kappa shape index (κ3) is 3.97. The molecule has 140 valence electrons. The van der Waals surface area contributed by atoms with E-state index in [0.717, 1.165) is 21.5 Å². The standard InChI is InChI=1S/C22H20N4OS/c1-15(28-22-25-24-14-26(22)2)18-5-3-4-16(10-18)11-21(27)19-7-6-17-8-9-23-13-20(17)12-19/h3-10,12-15H,11H2,1-2H3. The molecule has 28 heavy (non-hydrogen) atoms. The number of carbonyl (C=O) groups excluding carboxylic acids is 1. The average molecular weight is 388 g/mol. The van der Waals surface area contributed by atoms with Crippen molar-refractivity contribution >= 4 is 28.3 Å². The summed E-state index contributed by atoms with van der Waals surface area (Å²) in [6, 6.07) is 15.9. The fraction of sp³-hybridized carbons (Fsp3) is 0.182. The number of nitrogens with zero attached hydrogens (tertiary/aromatic N) is 4. The van der Waals surface area contributed by atoms with Crippen LogP contribution in [0.5, 0.6) is 0 Å². The Bertz CT molecular complexity index is 1140. The van der Waals surface area contributed by atoms with Gasteiger partial charge in [0.1, 0.15) is 6.33 Å². The lowest BCUT2D eigenvalue weighted by Gasteiger charge is -2.12. The summed E-state index contributed by atoms with van der Waals surface area (Å²) in [7, 11) is 1.93. The lowest BCUT2D eigenvalue weighted by Crippen LogP contribution is -2.04. The van der Waals surface area contributed by atoms with Crippen LogP contribution in [0.4, 0.5) is 0 Å². The van der Waals surface area contributed by atoms with Gasteiger partial charge in [-0.05, 0) is 35.6 Å². The molecule has 6 heteroatoms. The van der Waals surface area contributed by atoms with E-state index in [-0.39, 0.29) is 11.0 Å². The smallest absolute Gasteiger partial charge is 0.191 e. The summed E-state index contributed by atoms with van der Waals surface area (Å²) in [6.07, 6.45) is 5.62. The summed E-state index contributed by atoms with van der Waals surface area (Å²) < 4.78 is 1.91. The first kappa shape index (κ1) is 18.4. The van der Waals surface area contributed by atoms with Gasteiger partial charge in [0, 0.05) is 42.1 Å². The molecule has 0 saturated carbocycles. The van der Waals surface area contributed by atoms with E-state index in [2.05, 4.69) is 34.2 Å². The second-order valence-electron chi connectivity index (χ2n) is 6.77. The van der Waals surface area contributed by atoms with Crippen molar-refractivity contribution in [2.75, 3.05) is 0 Å². The first-order valence-electron chi connectivity index (χ1n) is 9.06. The number of fused-ring (bicyclic) bond motifs is 1. The first-order valence-corrected chi connectivity index (χ1v) is 9.94. The maximum absolute atomic E-state index is 12.8. The number of aryl methyl sites for hydroxylation is 1. The Morgan fingerprint density at radius 1 is 1.14 bits per heavy atom. The van der Waals surface area contributed by atoms with Crippen LogP contribution in [0.1, 0.15) is 33.7 Å². The highest BCUT2D eigenvalue weighted by Gasteiger charge is 2.13. The van der Waals surface area contributed by atoms with Crippen LogP contribution in [-0.4, -0.2) is 25.5 Å². The van der Waals surface area contributed by atoms with Crippen LogP contribution >= 0.6 is 11.8 Å². The van der Waals surface area contributed by atoms with Gasteiger partial charge in [0.2, 0.25) is 0 Å². The summed E-state index contributed by atoms with van der Waals surface area (Å²) >= 11 is 1.65. The van der Waals surface area contributed by atoms with E-state index < -0.39 is 0 Å². The summed E-state index contributed by atoms with van der Waals surface area (Å²) in [5.41, 5.74) is 2.90. The number of pyridine rings is 1. The van der Waals surface area contributed by atoms with Crippen molar-refractivity contribution in [3.05, 3.63) is 83.9 Å². The summed E-state index contributed by atoms with van der Waals surface area (Å²) in [6.45, 7) is 2.14. The van der Waals surface area contributed by atoms with Crippen molar-refractivity contribution in [3.8, 4) is 0 Å². The minimum absolute atomic E-state index is 0.108. The van der Waals surface area contributed by atoms with Gasteiger partial charge in [-0.2, -0.15) is 0 Å². The topological polar surface area (TPSA) is 60.7 Å². The number of aromatic nitrogens is 4. The van der Waals surface area contributed by atoms with Crippen molar-refractivity contribution in [1.29, 1.82) is 0 Å². The average Bonchev–Trinajstić information content (AvgIpc) is 3.12. The largest absolute Gasteiger partial charge is 0.312 e. The Kier molecular flexibility index (Phi) is 5.21. The fourth-order valence-electron chi connectivity index (χ4n) is 3.11. The summed E-state index contributed by atoms with van der Waals surface area (Å²) in [5, 5.41) is 11.2. The molecule has 0 aliphatic rings. The minimum Gasteiger partial charge on any atom is -0.312 e. The molecule has 0 aliphatic heterocycles. The highest BCUT2D eigenvalue weighted by atomic mass is 32.2. The van der Waals surface area contributed by atoms with Gasteiger partial charge in [0.15, 0.2) is 10.9 Å². The summed E-state index contributed by atoms with van der Waals surface area (Å²) in [5.74, 6) is 0.108. The third-order valence-electron chi connectivity index (χ3n) is 4.70. The van der Waals surface area contributed by atoms with Gasteiger partial charge >= 0.3 is 0 Å². The van der Waals surface area contributed by atoms with Gasteiger partial charge in [-0.1, -0.05) is 48.2 Å². The van der Waals surface area contributed by atoms with Gasteiger partial charge in [-0.15, -0.1) is 10.2 Å². The van der Waals surface area contributed by atoms with Gasteiger partial charge < -0.3 is 4.57 Å². The predicted molar refractivity (Wildman–Crippen MR) is 111 cm³/mol. The lowest BCUT2D eigenvalue weighted by atomic mass is 9.99. The second kappa shape index (κ2) is 7.94. The number of rotatable bonds is 6. The van der Waals surface area contributed by atoms with E-state index in [1.807, 2.05) is 48.0 Å². The van der Waals surface area contributed by atoms with Crippen molar-refractivity contribution in [2.24, 2.45) is 7.05 Å². The molecule has 0 spiro atoms. The van der Waals surface area contributed by atoms with Crippen LogP contribution in [0.2, 0.25) is 0 Å². The number of ketones is 1. The van der Waals surface area contributed by atoms with Crippen LogP contribution in [-0.2, 0) is 13.5 Å². The molecule has 2 heterocycles. The molecule has 0 N–H and O–H groups in total. The molecule has 0 radical (unpaired) electrons. The Hall–Kier alpha value is -2.99. The Morgan fingerprint density at radius 2 is 2.04 bits per heavy atom. The predicted octanol–water partition coefficient (Wildman–Crippen LogP) is 4.64. The number of thioether (sulfide) groups is 1. The highest BCUT2D eigenvalue weighted by Crippen LogP contribution is 2.33. The van der Waals surface area contributed by atoms with E-state index in [0.29, 0.717) is 12.0 Å². The maximum Gasteiger partial charge on any atom is 0.191 e. The van der Waals surface area contributed by atoms with E-state index in [1.54, 1.807) is 30.5 Å². The highest BCUT2D eigenvalue weighted by molar-refractivity contribution is 7.99. The molecule has 0 aliphatic carbocycles. The molecule has 2 aromatic carbocycles. The molecule has 0 fully saturated rings. The normalized spacial score (nSPS) is 12.2. The monoisotopic (exact) mass is 388 g/mol.